The Kier molecular flexibility index (Phi) is 12.8. The molecule has 43 heavy (non-hydrogen) atoms. The molecule has 1 aliphatic rings. The van der Waals surface area contributed by atoms with Crippen molar-refractivity contribution in [3.8, 4) is 0 Å². The SMILES string of the molecule is CC1(C)C=C(C(=O)NCCNCc2cccs2)C(C)(C)N1.Cc1ccc(S(=O)(=O)O)cc1.Cc1ccc(S(=O)(=O)O)cc1. The Bertz CT molecular complexity index is 1510. The van der Waals surface area contributed by atoms with Crippen LogP contribution in [0.2, 0.25) is 0 Å². The summed E-state index contributed by atoms with van der Waals surface area (Å²) < 4.78 is 59.1. The van der Waals surface area contributed by atoms with Crippen LogP contribution in [0.5, 0.6) is 0 Å². The normalized spacial score (nSPS) is 15.3. The first-order valence-electron chi connectivity index (χ1n) is 13.4. The molecule has 0 unspecified atom stereocenters. The van der Waals surface area contributed by atoms with Crippen LogP contribution in [-0.2, 0) is 31.6 Å². The van der Waals surface area contributed by atoms with Gasteiger partial charge in [-0.05, 0) is 77.3 Å². The summed E-state index contributed by atoms with van der Waals surface area (Å²) in [5.74, 6) is 0.0241. The van der Waals surface area contributed by atoms with Crippen LogP contribution >= 0.6 is 11.3 Å². The monoisotopic (exact) mass is 651 g/mol. The van der Waals surface area contributed by atoms with Crippen LogP contribution in [0.25, 0.3) is 0 Å². The van der Waals surface area contributed by atoms with Gasteiger partial charge in [-0.2, -0.15) is 16.8 Å². The summed E-state index contributed by atoms with van der Waals surface area (Å²) in [6.07, 6.45) is 2.03. The van der Waals surface area contributed by atoms with Crippen LogP contribution in [0, 0.1) is 13.8 Å². The van der Waals surface area contributed by atoms with E-state index in [2.05, 4.69) is 41.2 Å². The molecule has 236 valence electrons. The molecule has 0 atom stereocenters. The van der Waals surface area contributed by atoms with Crippen molar-refractivity contribution in [3.05, 3.63) is 93.7 Å². The van der Waals surface area contributed by atoms with Crippen LogP contribution < -0.4 is 16.0 Å². The van der Waals surface area contributed by atoms with E-state index in [1.165, 1.54) is 29.1 Å². The van der Waals surface area contributed by atoms with Crippen molar-refractivity contribution < 1.29 is 30.7 Å². The summed E-state index contributed by atoms with van der Waals surface area (Å²) in [6, 6.07) is 16.1. The van der Waals surface area contributed by atoms with Crippen LogP contribution in [0.3, 0.4) is 0 Å². The first kappa shape index (κ1) is 36.3. The number of thiophene rings is 1. The summed E-state index contributed by atoms with van der Waals surface area (Å²) in [4.78, 5) is 13.5. The highest BCUT2D eigenvalue weighted by Crippen LogP contribution is 2.29. The predicted molar refractivity (Wildman–Crippen MR) is 170 cm³/mol. The number of rotatable bonds is 8. The molecule has 10 nitrogen and oxygen atoms in total. The van der Waals surface area contributed by atoms with Crippen molar-refractivity contribution in [3.63, 3.8) is 0 Å². The molecule has 0 fully saturated rings. The van der Waals surface area contributed by atoms with Crippen LogP contribution in [0.1, 0.15) is 43.7 Å². The third-order valence-electron chi connectivity index (χ3n) is 6.16. The molecule has 1 aliphatic heterocycles. The Morgan fingerprint density at radius 1 is 0.814 bits per heavy atom. The molecule has 3 aromatic rings. The highest BCUT2D eigenvalue weighted by Gasteiger charge is 2.39. The number of hydrogen-bond donors (Lipinski definition) is 5. The maximum atomic E-state index is 12.3. The van der Waals surface area contributed by atoms with E-state index in [4.69, 9.17) is 9.11 Å². The number of amides is 1. The molecule has 1 aromatic heterocycles. The zero-order valence-corrected chi connectivity index (χ0v) is 27.7. The van der Waals surface area contributed by atoms with E-state index in [9.17, 15) is 21.6 Å². The molecular formula is C30H41N3O7S3. The summed E-state index contributed by atoms with van der Waals surface area (Å²) in [5.41, 5.74) is 2.33. The standard InChI is InChI=1S/C16H25N3OS.2C7H8O3S/c1-15(2)10-13(16(3,4)19-15)14(20)18-8-7-17-11-12-6-5-9-21-12;2*1-6-2-4-7(5-3-6)11(8,9)10/h5-6,9-10,17,19H,7-8,11H2,1-4H3,(H,18,20);2*2-5H,1H3,(H,8,9,10). The van der Waals surface area contributed by atoms with Gasteiger partial charge in [-0.3, -0.25) is 19.2 Å². The number of carbonyl (C=O) groups excluding carboxylic acids is 1. The number of benzene rings is 2. The molecule has 1 amide bonds. The Labute approximate surface area is 259 Å². The summed E-state index contributed by atoms with van der Waals surface area (Å²) >= 11 is 1.74. The Morgan fingerprint density at radius 3 is 1.67 bits per heavy atom. The summed E-state index contributed by atoms with van der Waals surface area (Å²) in [5, 5.41) is 11.8. The van der Waals surface area contributed by atoms with Gasteiger partial charge in [-0.15, -0.1) is 11.3 Å². The first-order valence-corrected chi connectivity index (χ1v) is 17.2. The predicted octanol–water partition coefficient (Wildman–Crippen LogP) is 4.52. The van der Waals surface area contributed by atoms with Gasteiger partial charge >= 0.3 is 0 Å². The second-order valence-electron chi connectivity index (χ2n) is 11.1. The Morgan fingerprint density at radius 2 is 1.30 bits per heavy atom. The van der Waals surface area contributed by atoms with Crippen molar-refractivity contribution in [2.45, 2.75) is 69.0 Å². The number of hydrogen-bond acceptors (Lipinski definition) is 8. The van der Waals surface area contributed by atoms with Gasteiger partial charge in [-0.25, -0.2) is 0 Å². The second-order valence-corrected chi connectivity index (χ2v) is 15.0. The van der Waals surface area contributed by atoms with Gasteiger partial charge < -0.3 is 10.6 Å². The molecule has 5 N–H and O–H groups in total. The zero-order valence-electron chi connectivity index (χ0n) is 25.2. The smallest absolute Gasteiger partial charge is 0.294 e. The average molecular weight is 652 g/mol. The first-order chi connectivity index (χ1) is 19.8. The highest BCUT2D eigenvalue weighted by molar-refractivity contribution is 7.86. The minimum Gasteiger partial charge on any atom is -0.351 e. The third-order valence-corrected chi connectivity index (χ3v) is 8.77. The quantitative estimate of drug-likeness (QED) is 0.174. The number of carbonyl (C=O) groups is 1. The fourth-order valence-electron chi connectivity index (χ4n) is 4.20. The lowest BCUT2D eigenvalue weighted by Crippen LogP contribution is -2.48. The zero-order chi connectivity index (χ0) is 32.5. The molecule has 13 heteroatoms. The van der Waals surface area contributed by atoms with E-state index in [-0.39, 0.29) is 26.8 Å². The van der Waals surface area contributed by atoms with Gasteiger partial charge in [0.2, 0.25) is 5.91 Å². The van der Waals surface area contributed by atoms with Crippen LogP contribution in [0.15, 0.2) is 87.5 Å². The van der Waals surface area contributed by atoms with Gasteiger partial charge in [0.15, 0.2) is 0 Å². The van der Waals surface area contributed by atoms with E-state index >= 15 is 0 Å². The Balaban J connectivity index is 0.000000247. The van der Waals surface area contributed by atoms with Crippen molar-refractivity contribution in [2.75, 3.05) is 13.1 Å². The van der Waals surface area contributed by atoms with Crippen molar-refractivity contribution >= 4 is 37.5 Å². The van der Waals surface area contributed by atoms with Crippen LogP contribution in [0.4, 0.5) is 0 Å². The largest absolute Gasteiger partial charge is 0.351 e. The van der Waals surface area contributed by atoms with Gasteiger partial charge in [0.05, 0.1) is 9.79 Å². The van der Waals surface area contributed by atoms with Crippen molar-refractivity contribution in [1.82, 2.24) is 16.0 Å². The molecule has 0 aliphatic carbocycles. The maximum absolute atomic E-state index is 12.3. The van der Waals surface area contributed by atoms with E-state index in [1.807, 2.05) is 39.8 Å². The van der Waals surface area contributed by atoms with Gasteiger partial charge in [0, 0.05) is 41.2 Å². The molecule has 2 aromatic carbocycles. The minimum absolute atomic E-state index is 0.0241. The molecule has 4 rings (SSSR count). The van der Waals surface area contributed by atoms with E-state index in [0.717, 1.165) is 29.8 Å². The lowest BCUT2D eigenvalue weighted by molar-refractivity contribution is -0.118. The average Bonchev–Trinajstić information content (AvgIpc) is 3.48. The minimum atomic E-state index is -4.02. The van der Waals surface area contributed by atoms with Crippen LogP contribution in [-0.4, -0.2) is 56.0 Å². The second kappa shape index (κ2) is 15.2. The molecule has 2 heterocycles. The third kappa shape index (κ3) is 12.7. The fourth-order valence-corrected chi connectivity index (χ4v) is 5.84. The lowest BCUT2D eigenvalue weighted by Gasteiger charge is -2.27. The summed E-state index contributed by atoms with van der Waals surface area (Å²) in [6.45, 7) is 14.2. The van der Waals surface area contributed by atoms with Gasteiger partial charge in [0.25, 0.3) is 20.2 Å². The van der Waals surface area contributed by atoms with E-state index < -0.39 is 20.2 Å². The molecule has 0 bridgehead atoms. The van der Waals surface area contributed by atoms with E-state index in [1.54, 1.807) is 35.6 Å². The fraction of sp³-hybridized carbons (Fsp3) is 0.367. The van der Waals surface area contributed by atoms with Gasteiger partial charge in [0.1, 0.15) is 0 Å². The molecule has 0 saturated heterocycles. The maximum Gasteiger partial charge on any atom is 0.294 e. The lowest BCUT2D eigenvalue weighted by atomic mass is 9.96. The number of nitrogens with one attached hydrogen (secondary N) is 3. The molecule has 0 spiro atoms. The number of aryl methyl sites for hydroxylation is 2. The highest BCUT2D eigenvalue weighted by atomic mass is 32.2. The van der Waals surface area contributed by atoms with Crippen molar-refractivity contribution in [1.29, 1.82) is 0 Å². The molecular weight excluding hydrogens is 611 g/mol. The molecule has 0 radical (unpaired) electrons. The van der Waals surface area contributed by atoms with E-state index in [0.29, 0.717) is 6.54 Å². The molecule has 0 saturated carbocycles. The summed E-state index contributed by atoms with van der Waals surface area (Å²) in [7, 11) is -8.04. The van der Waals surface area contributed by atoms with Crippen molar-refractivity contribution in [2.24, 2.45) is 0 Å². The topological polar surface area (TPSA) is 162 Å². The van der Waals surface area contributed by atoms with Gasteiger partial charge in [-0.1, -0.05) is 47.5 Å². The Hall–Kier alpha value is -2.91.